The Morgan fingerprint density at radius 2 is 1.70 bits per heavy atom. The molecule has 3 aromatic rings. The lowest BCUT2D eigenvalue weighted by Gasteiger charge is -2.31. The number of allylic oxidation sites excluding steroid dienone is 2. The van der Waals surface area contributed by atoms with Crippen molar-refractivity contribution in [3.8, 4) is 0 Å². The quantitative estimate of drug-likeness (QED) is 0.316. The van der Waals surface area contributed by atoms with E-state index in [4.69, 9.17) is 9.52 Å². The first-order valence-electron chi connectivity index (χ1n) is 12.9. The Labute approximate surface area is 217 Å². The maximum Gasteiger partial charge on any atom is 0.168 e. The number of benzene rings is 2. The van der Waals surface area contributed by atoms with Crippen LogP contribution in [0.5, 0.6) is 0 Å². The van der Waals surface area contributed by atoms with Gasteiger partial charge in [-0.05, 0) is 28.9 Å². The van der Waals surface area contributed by atoms with Crippen LogP contribution >= 0.6 is 0 Å². The summed E-state index contributed by atoms with van der Waals surface area (Å²) in [6.07, 6.45) is 2.51. The van der Waals surface area contributed by atoms with Crippen molar-refractivity contribution in [2.24, 2.45) is 10.4 Å². The van der Waals surface area contributed by atoms with Crippen LogP contribution in [0.15, 0.2) is 81.5 Å². The predicted octanol–water partition coefficient (Wildman–Crippen LogP) is 6.36. The van der Waals surface area contributed by atoms with Gasteiger partial charge in [0.1, 0.15) is 11.5 Å². The number of hydrogen-bond acceptors (Lipinski definition) is 6. The number of hydrogen-bond donors (Lipinski definition) is 1. The predicted molar refractivity (Wildman–Crippen MR) is 142 cm³/mol. The number of nitrogens with zero attached hydrogens (tertiary/aromatic N) is 2. The molecule has 190 valence electrons. The number of Topliss-reactive ketones (excluding diaryl/α,β-unsaturated/α-hetero) is 2. The van der Waals surface area contributed by atoms with Crippen molar-refractivity contribution < 1.29 is 19.2 Å². The van der Waals surface area contributed by atoms with Crippen molar-refractivity contribution >= 4 is 17.3 Å². The molecule has 1 heterocycles. The largest absolute Gasteiger partial charge is 0.511 e. The fourth-order valence-corrected chi connectivity index (χ4v) is 5.45. The normalized spacial score (nSPS) is 21.7. The fourth-order valence-electron chi connectivity index (χ4n) is 5.45. The van der Waals surface area contributed by atoms with Gasteiger partial charge in [-0.25, -0.2) is 0 Å². The van der Waals surface area contributed by atoms with Crippen LogP contribution < -0.4 is 0 Å². The first-order chi connectivity index (χ1) is 17.8. The van der Waals surface area contributed by atoms with Crippen molar-refractivity contribution in [1.82, 2.24) is 5.16 Å². The number of aryl methyl sites for hydroxylation is 1. The minimum absolute atomic E-state index is 0.00878. The number of carbonyl (C=O) groups excluding carboxylic acids is 2. The zero-order valence-corrected chi connectivity index (χ0v) is 21.4. The summed E-state index contributed by atoms with van der Waals surface area (Å²) in [4.78, 5) is 30.9. The maximum atomic E-state index is 13.1. The molecule has 1 N–H and O–H groups in total. The summed E-state index contributed by atoms with van der Waals surface area (Å²) in [5, 5.41) is 15.3. The minimum Gasteiger partial charge on any atom is -0.511 e. The molecule has 1 saturated carbocycles. The van der Waals surface area contributed by atoms with Crippen LogP contribution in [0.4, 0.5) is 0 Å². The second kappa shape index (κ2) is 10.3. The van der Waals surface area contributed by atoms with Gasteiger partial charge >= 0.3 is 0 Å². The van der Waals surface area contributed by atoms with Crippen LogP contribution in [-0.4, -0.2) is 27.5 Å². The van der Waals surface area contributed by atoms with Crippen LogP contribution in [0.1, 0.15) is 78.4 Å². The number of aliphatic hydroxyl groups is 1. The summed E-state index contributed by atoms with van der Waals surface area (Å²) in [5.74, 6) is 0.607. The SMILES string of the molecule is CC1(C)CC(=O)/C(=C(\O)CCc2noc3c2C(=O)CC(c2ccccc2)C3)C(=NCc2ccccc2)C1. The van der Waals surface area contributed by atoms with Gasteiger partial charge in [0.05, 0.1) is 23.4 Å². The molecule has 0 amide bonds. The minimum atomic E-state index is -0.219. The summed E-state index contributed by atoms with van der Waals surface area (Å²) in [6, 6.07) is 19.8. The smallest absolute Gasteiger partial charge is 0.168 e. The summed E-state index contributed by atoms with van der Waals surface area (Å²) in [5.41, 5.74) is 4.00. The van der Waals surface area contributed by atoms with E-state index >= 15 is 0 Å². The number of fused-ring (bicyclic) bond motifs is 1. The van der Waals surface area contributed by atoms with Gasteiger partial charge in [-0.15, -0.1) is 0 Å². The highest BCUT2D eigenvalue weighted by molar-refractivity contribution is 6.24. The van der Waals surface area contributed by atoms with Gasteiger partial charge in [-0.3, -0.25) is 14.6 Å². The molecule has 6 heteroatoms. The van der Waals surface area contributed by atoms with Gasteiger partial charge < -0.3 is 9.63 Å². The van der Waals surface area contributed by atoms with Gasteiger partial charge in [-0.1, -0.05) is 79.7 Å². The molecule has 1 unspecified atom stereocenters. The number of aliphatic imine (C=N–C) groups is 1. The summed E-state index contributed by atoms with van der Waals surface area (Å²) in [6.45, 7) is 4.55. The Kier molecular flexibility index (Phi) is 6.92. The summed E-state index contributed by atoms with van der Waals surface area (Å²) >= 11 is 0. The lowest BCUT2D eigenvalue weighted by Crippen LogP contribution is -2.32. The first-order valence-corrected chi connectivity index (χ1v) is 12.9. The molecule has 0 spiro atoms. The van der Waals surface area contributed by atoms with E-state index in [2.05, 4.69) is 5.16 Å². The monoisotopic (exact) mass is 496 g/mol. The van der Waals surface area contributed by atoms with E-state index < -0.39 is 0 Å². The molecular formula is C31H32N2O4. The highest BCUT2D eigenvalue weighted by atomic mass is 16.5. The third-order valence-corrected chi connectivity index (χ3v) is 7.28. The molecule has 6 nitrogen and oxygen atoms in total. The molecule has 1 atom stereocenters. The van der Waals surface area contributed by atoms with Crippen molar-refractivity contribution in [2.75, 3.05) is 0 Å². The molecule has 1 fully saturated rings. The molecule has 2 aliphatic carbocycles. The van der Waals surface area contributed by atoms with E-state index in [1.807, 2.05) is 74.5 Å². The second-order valence-corrected chi connectivity index (χ2v) is 10.9. The Morgan fingerprint density at radius 3 is 2.43 bits per heavy atom. The van der Waals surface area contributed by atoms with Gasteiger partial charge in [0.2, 0.25) is 0 Å². The fraction of sp³-hybridized carbons (Fsp3) is 0.355. The number of ketones is 2. The average molecular weight is 497 g/mol. The highest BCUT2D eigenvalue weighted by Gasteiger charge is 2.37. The highest BCUT2D eigenvalue weighted by Crippen LogP contribution is 2.37. The Balaban J connectivity index is 1.35. The zero-order chi connectivity index (χ0) is 26.0. The van der Waals surface area contributed by atoms with Gasteiger partial charge in [-0.2, -0.15) is 0 Å². The van der Waals surface area contributed by atoms with Crippen LogP contribution in [-0.2, 0) is 24.2 Å². The summed E-state index contributed by atoms with van der Waals surface area (Å²) in [7, 11) is 0. The molecule has 2 aromatic carbocycles. The van der Waals surface area contributed by atoms with Crippen LogP contribution in [0.3, 0.4) is 0 Å². The van der Waals surface area contributed by atoms with Crippen LogP contribution in [0.25, 0.3) is 0 Å². The van der Waals surface area contributed by atoms with Gasteiger partial charge in [0, 0.05) is 37.8 Å². The van der Waals surface area contributed by atoms with Crippen molar-refractivity contribution in [2.45, 2.75) is 64.8 Å². The third kappa shape index (κ3) is 5.48. The second-order valence-electron chi connectivity index (χ2n) is 10.9. The van der Waals surface area contributed by atoms with Crippen molar-refractivity contribution in [3.63, 3.8) is 0 Å². The summed E-state index contributed by atoms with van der Waals surface area (Å²) < 4.78 is 5.58. The molecular weight excluding hydrogens is 464 g/mol. The molecule has 0 aliphatic heterocycles. The molecule has 5 rings (SSSR count). The Bertz CT molecular complexity index is 1370. The van der Waals surface area contributed by atoms with Crippen molar-refractivity contribution in [1.29, 1.82) is 0 Å². The van der Waals surface area contributed by atoms with E-state index in [1.54, 1.807) is 0 Å². The van der Waals surface area contributed by atoms with E-state index in [1.165, 1.54) is 0 Å². The van der Waals surface area contributed by atoms with Gasteiger partial charge in [0.25, 0.3) is 0 Å². The zero-order valence-electron chi connectivity index (χ0n) is 21.4. The molecule has 0 radical (unpaired) electrons. The lowest BCUT2D eigenvalue weighted by atomic mass is 9.73. The molecule has 2 aliphatic rings. The van der Waals surface area contributed by atoms with Crippen LogP contribution in [0.2, 0.25) is 0 Å². The Morgan fingerprint density at radius 1 is 1.00 bits per heavy atom. The third-order valence-electron chi connectivity index (χ3n) is 7.28. The average Bonchev–Trinajstić information content (AvgIpc) is 3.30. The van der Waals surface area contributed by atoms with E-state index in [9.17, 15) is 14.7 Å². The van der Waals surface area contributed by atoms with E-state index in [0.717, 1.165) is 11.1 Å². The molecule has 0 saturated heterocycles. The lowest BCUT2D eigenvalue weighted by molar-refractivity contribution is -0.117. The first kappa shape index (κ1) is 24.9. The molecule has 0 bridgehead atoms. The number of carbonyl (C=O) groups is 2. The topological polar surface area (TPSA) is 92.8 Å². The molecule has 37 heavy (non-hydrogen) atoms. The van der Waals surface area contributed by atoms with Gasteiger partial charge in [0.15, 0.2) is 11.6 Å². The number of aliphatic hydroxyl groups excluding tert-OH is 1. The van der Waals surface area contributed by atoms with Crippen molar-refractivity contribution in [3.05, 3.63) is 100 Å². The Hall–Kier alpha value is -3.80. The maximum absolute atomic E-state index is 13.1. The number of rotatable bonds is 6. The number of aromatic nitrogens is 1. The van der Waals surface area contributed by atoms with E-state index in [-0.39, 0.29) is 35.1 Å². The molecule has 1 aromatic heterocycles. The van der Waals surface area contributed by atoms with E-state index in [0.29, 0.717) is 67.0 Å². The van der Waals surface area contributed by atoms with Crippen LogP contribution in [0, 0.1) is 5.41 Å². The standard InChI is InChI=1S/C31H32N2O4/c1-31(2)17-24(32-19-20-9-5-3-6-10-20)29(27(36)18-31)25(34)14-13-23-30-26(35)15-22(16-28(30)37-33-23)21-11-7-4-8-12-21/h3-12,22,34H,13-19H2,1-2H3/b29-25-,32-24?.